The summed E-state index contributed by atoms with van der Waals surface area (Å²) in [6.07, 6.45) is 5.15. The van der Waals surface area contributed by atoms with Gasteiger partial charge in [0, 0.05) is 24.9 Å². The van der Waals surface area contributed by atoms with Crippen LogP contribution in [0, 0.1) is 12.3 Å². The lowest BCUT2D eigenvalue weighted by Crippen LogP contribution is -2.17. The first-order valence-electron chi connectivity index (χ1n) is 5.08. The predicted octanol–water partition coefficient (Wildman–Crippen LogP) is 1.55. The Kier molecular flexibility index (Phi) is 6.47. The van der Waals surface area contributed by atoms with Crippen molar-refractivity contribution in [2.45, 2.75) is 6.54 Å². The van der Waals surface area contributed by atoms with E-state index < -0.39 is 0 Å². The van der Waals surface area contributed by atoms with Crippen LogP contribution in [-0.2, 0) is 6.54 Å². The Balaban J connectivity index is 2.19. The second-order valence-electron chi connectivity index (χ2n) is 3.10. The molecule has 0 aliphatic carbocycles. The zero-order chi connectivity index (χ0) is 11.6. The van der Waals surface area contributed by atoms with Gasteiger partial charge in [-0.15, -0.1) is 18.2 Å². The van der Waals surface area contributed by atoms with Crippen LogP contribution in [-0.4, -0.2) is 30.1 Å². The van der Waals surface area contributed by atoms with E-state index in [1.807, 2.05) is 18.2 Å². The van der Waals surface area contributed by atoms with E-state index in [0.29, 0.717) is 5.88 Å². The third-order valence-corrected chi connectivity index (χ3v) is 2.77. The predicted molar refractivity (Wildman–Crippen MR) is 68.7 cm³/mol. The van der Waals surface area contributed by atoms with Crippen LogP contribution in [0.1, 0.15) is 5.69 Å². The summed E-state index contributed by atoms with van der Waals surface area (Å²) in [6, 6.07) is 5.76. The highest BCUT2D eigenvalue weighted by Crippen LogP contribution is 2.06. The highest BCUT2D eigenvalue weighted by atomic mass is 32.2. The van der Waals surface area contributed by atoms with E-state index in [4.69, 9.17) is 11.2 Å². The molecule has 4 heteroatoms. The molecule has 0 saturated heterocycles. The lowest BCUT2D eigenvalue weighted by molar-refractivity contribution is 0.396. The lowest BCUT2D eigenvalue weighted by Gasteiger charge is -2.05. The van der Waals surface area contributed by atoms with Gasteiger partial charge in [0.05, 0.1) is 18.6 Å². The third-order valence-electron chi connectivity index (χ3n) is 1.91. The van der Waals surface area contributed by atoms with E-state index in [9.17, 15) is 0 Å². The van der Waals surface area contributed by atoms with Crippen molar-refractivity contribution in [1.82, 2.24) is 10.3 Å². The number of hydrogen-bond acceptors (Lipinski definition) is 4. The van der Waals surface area contributed by atoms with Crippen molar-refractivity contribution in [1.29, 1.82) is 0 Å². The minimum atomic E-state index is 0.654. The van der Waals surface area contributed by atoms with Gasteiger partial charge >= 0.3 is 0 Å². The van der Waals surface area contributed by atoms with Gasteiger partial charge in [-0.2, -0.15) is 0 Å². The Bertz CT molecular complexity index is 349. The van der Waals surface area contributed by atoms with Gasteiger partial charge in [-0.1, -0.05) is 12.0 Å². The molecule has 86 valence electrons. The number of hydrogen-bond donors (Lipinski definition) is 1. The van der Waals surface area contributed by atoms with Crippen molar-refractivity contribution in [3.8, 4) is 18.2 Å². The maximum absolute atomic E-state index is 5.15. The Morgan fingerprint density at radius 3 is 3.19 bits per heavy atom. The normalized spacial score (nSPS) is 9.75. The molecule has 0 spiro atoms. The van der Waals surface area contributed by atoms with Crippen LogP contribution in [0.3, 0.4) is 0 Å². The molecule has 0 bridgehead atoms. The van der Waals surface area contributed by atoms with Crippen LogP contribution in [0.25, 0.3) is 0 Å². The SMILES string of the molecule is C#CCSCCNCc1cccc(OC)n1. The summed E-state index contributed by atoms with van der Waals surface area (Å²) in [5.41, 5.74) is 0.987. The molecule has 3 nitrogen and oxygen atoms in total. The third kappa shape index (κ3) is 5.06. The molecule has 0 radical (unpaired) electrons. The van der Waals surface area contributed by atoms with Crippen LogP contribution in [0.15, 0.2) is 18.2 Å². The highest BCUT2D eigenvalue weighted by Gasteiger charge is 1.96. The molecule has 0 aliphatic rings. The van der Waals surface area contributed by atoms with Crippen LogP contribution in [0.5, 0.6) is 5.88 Å². The van der Waals surface area contributed by atoms with Crippen molar-refractivity contribution in [3.63, 3.8) is 0 Å². The average Bonchev–Trinajstić information content (AvgIpc) is 2.34. The molecule has 0 atom stereocenters. The van der Waals surface area contributed by atoms with Gasteiger partial charge in [0.25, 0.3) is 0 Å². The topological polar surface area (TPSA) is 34.1 Å². The first-order valence-corrected chi connectivity index (χ1v) is 6.24. The van der Waals surface area contributed by atoms with Crippen LogP contribution in [0.2, 0.25) is 0 Å². The minimum Gasteiger partial charge on any atom is -0.481 e. The molecule has 0 aromatic carbocycles. The molecule has 1 heterocycles. The van der Waals surface area contributed by atoms with Crippen LogP contribution in [0.4, 0.5) is 0 Å². The molecule has 0 unspecified atom stereocenters. The maximum atomic E-state index is 5.15. The summed E-state index contributed by atoms with van der Waals surface area (Å²) in [7, 11) is 1.62. The van der Waals surface area contributed by atoms with E-state index in [0.717, 1.165) is 30.3 Å². The summed E-state index contributed by atoms with van der Waals surface area (Å²) >= 11 is 1.75. The minimum absolute atomic E-state index is 0.654. The van der Waals surface area contributed by atoms with Crippen LogP contribution >= 0.6 is 11.8 Å². The lowest BCUT2D eigenvalue weighted by atomic mass is 10.3. The molecular weight excluding hydrogens is 220 g/mol. The Morgan fingerprint density at radius 2 is 2.44 bits per heavy atom. The molecule has 1 aromatic rings. The monoisotopic (exact) mass is 236 g/mol. The van der Waals surface area contributed by atoms with Gasteiger partial charge in [-0.25, -0.2) is 4.98 Å². The molecule has 1 rings (SSSR count). The van der Waals surface area contributed by atoms with E-state index in [2.05, 4.69) is 16.2 Å². The Labute approximate surface area is 101 Å². The molecule has 0 saturated carbocycles. The zero-order valence-electron chi connectivity index (χ0n) is 9.40. The van der Waals surface area contributed by atoms with Gasteiger partial charge < -0.3 is 10.1 Å². The number of nitrogens with one attached hydrogen (secondary N) is 1. The number of terminal acetylenes is 1. The standard InChI is InChI=1S/C12H16N2OS/c1-3-8-16-9-7-13-10-11-5-4-6-12(14-11)15-2/h1,4-6,13H,7-10H2,2H3. The van der Waals surface area contributed by atoms with Crippen molar-refractivity contribution < 1.29 is 4.74 Å². The smallest absolute Gasteiger partial charge is 0.213 e. The first kappa shape index (κ1) is 12.9. The number of rotatable bonds is 7. The number of pyridine rings is 1. The van der Waals surface area contributed by atoms with Crippen molar-refractivity contribution in [3.05, 3.63) is 23.9 Å². The molecule has 0 aliphatic heterocycles. The molecule has 1 aromatic heterocycles. The summed E-state index contributed by atoms with van der Waals surface area (Å²) in [5, 5.41) is 3.30. The number of aromatic nitrogens is 1. The van der Waals surface area contributed by atoms with Gasteiger partial charge in [-0.05, 0) is 6.07 Å². The number of methoxy groups -OCH3 is 1. The van der Waals surface area contributed by atoms with Gasteiger partial charge in [0.1, 0.15) is 0 Å². The summed E-state index contributed by atoms with van der Waals surface area (Å²) in [4.78, 5) is 4.30. The fraction of sp³-hybridized carbons (Fsp3) is 0.417. The summed E-state index contributed by atoms with van der Waals surface area (Å²) < 4.78 is 5.05. The molecule has 16 heavy (non-hydrogen) atoms. The van der Waals surface area contributed by atoms with Crippen LogP contribution < -0.4 is 10.1 Å². The summed E-state index contributed by atoms with van der Waals surface area (Å²) in [5.74, 6) is 5.05. The zero-order valence-corrected chi connectivity index (χ0v) is 10.2. The number of nitrogens with zero attached hydrogens (tertiary/aromatic N) is 1. The second-order valence-corrected chi connectivity index (χ2v) is 4.21. The molecule has 1 N–H and O–H groups in total. The first-order chi connectivity index (χ1) is 7.86. The molecule has 0 amide bonds. The average molecular weight is 236 g/mol. The van der Waals surface area contributed by atoms with Gasteiger partial charge in [0.15, 0.2) is 0 Å². The van der Waals surface area contributed by atoms with Crippen molar-refractivity contribution in [2.75, 3.05) is 25.2 Å². The fourth-order valence-electron chi connectivity index (χ4n) is 1.16. The van der Waals surface area contributed by atoms with E-state index in [1.54, 1.807) is 18.9 Å². The Hall–Kier alpha value is -1.18. The number of thioether (sulfide) groups is 1. The fourth-order valence-corrected chi connectivity index (χ4v) is 1.71. The number of ether oxygens (including phenoxy) is 1. The van der Waals surface area contributed by atoms with E-state index >= 15 is 0 Å². The highest BCUT2D eigenvalue weighted by molar-refractivity contribution is 7.99. The molecular formula is C12H16N2OS. The largest absolute Gasteiger partial charge is 0.481 e. The maximum Gasteiger partial charge on any atom is 0.213 e. The quantitative estimate of drug-likeness (QED) is 0.575. The van der Waals surface area contributed by atoms with E-state index in [-0.39, 0.29) is 0 Å². The Morgan fingerprint density at radius 1 is 1.56 bits per heavy atom. The van der Waals surface area contributed by atoms with Crippen molar-refractivity contribution in [2.24, 2.45) is 0 Å². The van der Waals surface area contributed by atoms with Gasteiger partial charge in [-0.3, -0.25) is 0 Å². The molecule has 0 fully saturated rings. The second kappa shape index (κ2) is 8.03. The van der Waals surface area contributed by atoms with Gasteiger partial charge in [0.2, 0.25) is 5.88 Å². The van der Waals surface area contributed by atoms with Crippen molar-refractivity contribution >= 4 is 11.8 Å². The summed E-state index contributed by atoms with van der Waals surface area (Å²) in [6.45, 7) is 1.69. The van der Waals surface area contributed by atoms with E-state index in [1.165, 1.54) is 0 Å².